The number of esters is 2. The van der Waals surface area contributed by atoms with Crippen LogP contribution in [0.4, 0.5) is 0 Å². The van der Waals surface area contributed by atoms with E-state index in [0.717, 1.165) is 44.9 Å². The van der Waals surface area contributed by atoms with Crippen LogP contribution in [0.1, 0.15) is 251 Å². The van der Waals surface area contributed by atoms with Gasteiger partial charge >= 0.3 is 19.8 Å². The number of ether oxygens (including phenoxy) is 2. The van der Waals surface area contributed by atoms with Crippen molar-refractivity contribution in [2.24, 2.45) is 0 Å². The monoisotopic (exact) mass is 801 g/mol. The molecule has 1 unspecified atom stereocenters. The van der Waals surface area contributed by atoms with Gasteiger partial charge < -0.3 is 19.3 Å². The van der Waals surface area contributed by atoms with Gasteiger partial charge in [-0.25, -0.2) is 4.57 Å². The summed E-state index contributed by atoms with van der Waals surface area (Å²) >= 11 is 0. The van der Waals surface area contributed by atoms with Crippen LogP contribution in [-0.2, 0) is 28.2 Å². The number of hydrogen-bond donors (Lipinski definition) is 2. The molecule has 0 saturated carbocycles. The number of allylic oxidation sites excluding steroid dienone is 2. The summed E-state index contributed by atoms with van der Waals surface area (Å²) in [5.74, 6) is -0.874. The Bertz CT molecular complexity index is 904. The van der Waals surface area contributed by atoms with Crippen LogP contribution < -0.4 is 0 Å². The molecule has 0 aliphatic carbocycles. The third kappa shape index (κ3) is 45.4. The molecule has 0 aliphatic heterocycles. The summed E-state index contributed by atoms with van der Waals surface area (Å²) in [6.45, 7) is 3.72. The van der Waals surface area contributed by atoms with E-state index in [1.165, 1.54) is 173 Å². The van der Waals surface area contributed by atoms with Crippen molar-refractivity contribution in [2.45, 2.75) is 258 Å². The lowest BCUT2D eigenvalue weighted by Crippen LogP contribution is -2.29. The number of rotatable bonds is 44. The number of carbonyl (C=O) groups is 2. The molecule has 9 heteroatoms. The molecule has 0 saturated heterocycles. The summed E-state index contributed by atoms with van der Waals surface area (Å²) in [5, 5.41) is 0. The Morgan fingerprint density at radius 2 is 0.764 bits per heavy atom. The van der Waals surface area contributed by atoms with Crippen LogP contribution in [0.2, 0.25) is 0 Å². The van der Waals surface area contributed by atoms with E-state index in [1.54, 1.807) is 0 Å². The summed E-state index contributed by atoms with van der Waals surface area (Å²) in [6, 6.07) is 0. The third-order valence-corrected chi connectivity index (χ3v) is 11.0. The molecule has 0 aromatic heterocycles. The van der Waals surface area contributed by atoms with E-state index in [0.29, 0.717) is 6.42 Å². The molecule has 326 valence electrons. The molecule has 0 fully saturated rings. The van der Waals surface area contributed by atoms with Crippen molar-refractivity contribution in [3.8, 4) is 0 Å². The van der Waals surface area contributed by atoms with Gasteiger partial charge in [0.05, 0.1) is 6.61 Å². The molecule has 0 rings (SSSR count). The molecule has 0 aliphatic rings. The number of phosphoric ester groups is 1. The summed E-state index contributed by atoms with van der Waals surface area (Å²) in [6.07, 6.45) is 47.9. The zero-order valence-corrected chi connectivity index (χ0v) is 37.0. The molecule has 0 aromatic rings. The maximum atomic E-state index is 12.4. The van der Waals surface area contributed by atoms with Gasteiger partial charge in [0, 0.05) is 12.8 Å². The zero-order chi connectivity index (χ0) is 40.3. The van der Waals surface area contributed by atoms with Crippen LogP contribution in [0, 0.1) is 0 Å². The molecular formula is C46H89O8P. The minimum atomic E-state index is -4.75. The van der Waals surface area contributed by atoms with Gasteiger partial charge in [-0.3, -0.25) is 14.1 Å². The number of phosphoric acid groups is 1. The summed E-state index contributed by atoms with van der Waals surface area (Å²) in [7, 11) is -4.75. The van der Waals surface area contributed by atoms with E-state index in [-0.39, 0.29) is 19.4 Å². The van der Waals surface area contributed by atoms with E-state index in [1.807, 2.05) is 0 Å². The Morgan fingerprint density at radius 1 is 0.455 bits per heavy atom. The molecule has 0 amide bonds. The first-order chi connectivity index (χ1) is 26.8. The second kappa shape index (κ2) is 42.4. The van der Waals surface area contributed by atoms with Crippen LogP contribution in [0.25, 0.3) is 0 Å². The van der Waals surface area contributed by atoms with Crippen molar-refractivity contribution in [3.63, 3.8) is 0 Å². The Labute approximate surface area is 339 Å². The SMILES string of the molecule is CCCCCCCC/C=C\CCCCCCCCCC(=O)OC(COC(=O)CCCCCCCCCCCCCCCCCCCCCC)COP(=O)(O)O. The van der Waals surface area contributed by atoms with Crippen LogP contribution in [0.3, 0.4) is 0 Å². The maximum absolute atomic E-state index is 12.4. The standard InChI is InChI=1S/C46H89O8P/c1-3-5-7-9-11-13-15-17-19-21-22-23-25-26-28-30-32-34-36-38-40-45(47)52-42-44(43-53-55(49,50)51)54-46(48)41-39-37-35-33-31-29-27-24-20-18-16-14-12-10-8-6-4-2/h18,20,44H,3-17,19,21-43H2,1-2H3,(H2,49,50,51)/b20-18-. The maximum Gasteiger partial charge on any atom is 0.469 e. The predicted molar refractivity (Wildman–Crippen MR) is 230 cm³/mol. The molecule has 55 heavy (non-hydrogen) atoms. The number of carbonyl (C=O) groups excluding carboxylic acids is 2. The van der Waals surface area contributed by atoms with Crippen molar-refractivity contribution in [1.82, 2.24) is 0 Å². The highest BCUT2D eigenvalue weighted by molar-refractivity contribution is 7.46. The molecule has 0 radical (unpaired) electrons. The van der Waals surface area contributed by atoms with Gasteiger partial charge in [-0.2, -0.15) is 0 Å². The summed E-state index contributed by atoms with van der Waals surface area (Å²) in [5.41, 5.74) is 0. The highest BCUT2D eigenvalue weighted by Crippen LogP contribution is 2.36. The molecule has 8 nitrogen and oxygen atoms in total. The second-order valence-electron chi connectivity index (χ2n) is 16.1. The average molecular weight is 801 g/mol. The lowest BCUT2D eigenvalue weighted by molar-refractivity contribution is -0.161. The van der Waals surface area contributed by atoms with Crippen LogP contribution >= 0.6 is 7.82 Å². The molecular weight excluding hydrogens is 711 g/mol. The largest absolute Gasteiger partial charge is 0.469 e. The van der Waals surface area contributed by atoms with Crippen molar-refractivity contribution in [1.29, 1.82) is 0 Å². The topological polar surface area (TPSA) is 119 Å². The smallest absolute Gasteiger partial charge is 0.462 e. The number of unbranched alkanes of at least 4 members (excludes halogenated alkanes) is 32. The Hall–Kier alpha value is -1.21. The van der Waals surface area contributed by atoms with Crippen molar-refractivity contribution >= 4 is 19.8 Å². The quantitative estimate of drug-likeness (QED) is 0.0271. The zero-order valence-electron chi connectivity index (χ0n) is 36.1. The number of hydrogen-bond acceptors (Lipinski definition) is 6. The minimum Gasteiger partial charge on any atom is -0.462 e. The van der Waals surface area contributed by atoms with Crippen molar-refractivity contribution in [3.05, 3.63) is 12.2 Å². The summed E-state index contributed by atoms with van der Waals surface area (Å²) < 4.78 is 26.5. The first kappa shape index (κ1) is 53.8. The van der Waals surface area contributed by atoms with Gasteiger partial charge in [0.2, 0.25) is 0 Å². The summed E-state index contributed by atoms with van der Waals surface area (Å²) in [4.78, 5) is 43.0. The first-order valence-corrected chi connectivity index (χ1v) is 25.0. The second-order valence-corrected chi connectivity index (χ2v) is 17.3. The van der Waals surface area contributed by atoms with Gasteiger partial charge in [-0.1, -0.05) is 212 Å². The van der Waals surface area contributed by atoms with E-state index >= 15 is 0 Å². The van der Waals surface area contributed by atoms with E-state index in [4.69, 9.17) is 19.3 Å². The fourth-order valence-electron chi connectivity index (χ4n) is 7.02. The Balaban J connectivity index is 3.82. The molecule has 1 atom stereocenters. The van der Waals surface area contributed by atoms with Crippen LogP contribution in [0.15, 0.2) is 12.2 Å². The van der Waals surface area contributed by atoms with Gasteiger partial charge in [0.15, 0.2) is 6.10 Å². The third-order valence-electron chi connectivity index (χ3n) is 10.5. The van der Waals surface area contributed by atoms with Gasteiger partial charge in [0.1, 0.15) is 6.61 Å². The highest BCUT2D eigenvalue weighted by atomic mass is 31.2. The van der Waals surface area contributed by atoms with E-state index in [2.05, 4.69) is 30.5 Å². The van der Waals surface area contributed by atoms with Crippen LogP contribution in [0.5, 0.6) is 0 Å². The van der Waals surface area contributed by atoms with Crippen molar-refractivity contribution < 1.29 is 37.9 Å². The highest BCUT2D eigenvalue weighted by Gasteiger charge is 2.23. The Kier molecular flexibility index (Phi) is 41.5. The molecule has 0 heterocycles. The van der Waals surface area contributed by atoms with E-state index in [9.17, 15) is 14.2 Å². The van der Waals surface area contributed by atoms with Crippen LogP contribution in [-0.4, -0.2) is 41.0 Å². The van der Waals surface area contributed by atoms with Crippen molar-refractivity contribution in [2.75, 3.05) is 13.2 Å². The Morgan fingerprint density at radius 3 is 1.11 bits per heavy atom. The fourth-order valence-corrected chi connectivity index (χ4v) is 7.38. The molecule has 2 N–H and O–H groups in total. The lowest BCUT2D eigenvalue weighted by atomic mass is 10.0. The average Bonchev–Trinajstić information content (AvgIpc) is 3.16. The first-order valence-electron chi connectivity index (χ1n) is 23.5. The van der Waals surface area contributed by atoms with Gasteiger partial charge in [0.25, 0.3) is 0 Å². The molecule has 0 bridgehead atoms. The molecule has 0 spiro atoms. The minimum absolute atomic E-state index is 0.211. The normalized spacial score (nSPS) is 12.4. The molecule has 0 aromatic carbocycles. The van der Waals surface area contributed by atoms with E-state index < -0.39 is 32.5 Å². The fraction of sp³-hybridized carbons (Fsp3) is 0.913. The van der Waals surface area contributed by atoms with Gasteiger partial charge in [-0.15, -0.1) is 0 Å². The van der Waals surface area contributed by atoms with Gasteiger partial charge in [-0.05, 0) is 38.5 Å². The lowest BCUT2D eigenvalue weighted by Gasteiger charge is -2.18. The predicted octanol–water partition coefficient (Wildman–Crippen LogP) is 14.6.